The maximum absolute atomic E-state index is 12.6. The van der Waals surface area contributed by atoms with Crippen molar-refractivity contribution in [1.29, 1.82) is 0 Å². The van der Waals surface area contributed by atoms with Crippen molar-refractivity contribution in [2.75, 3.05) is 31.0 Å². The van der Waals surface area contributed by atoms with E-state index >= 15 is 0 Å². The predicted molar refractivity (Wildman–Crippen MR) is 109 cm³/mol. The van der Waals surface area contributed by atoms with Crippen LogP contribution in [0.3, 0.4) is 0 Å². The summed E-state index contributed by atoms with van der Waals surface area (Å²) in [5.74, 6) is -0.500. The Morgan fingerprint density at radius 2 is 1.90 bits per heavy atom. The standard InChI is InChI=1S/C19H20N6O4/c1-29-11-5-10-20-17-16(25(27)28)18(22-12-21-17)23-24-19(26)15-9-4-7-13-6-2-3-8-14(13)15/h2-4,6-9,12H,5,10-11H2,1H3,(H,24,26)(H2,20,21,22,23). The lowest BCUT2D eigenvalue weighted by atomic mass is 10.0. The van der Waals surface area contributed by atoms with Gasteiger partial charge < -0.3 is 10.1 Å². The summed E-state index contributed by atoms with van der Waals surface area (Å²) in [7, 11) is 1.58. The Balaban J connectivity index is 1.77. The molecule has 1 heterocycles. The van der Waals surface area contributed by atoms with Crippen molar-refractivity contribution in [2.24, 2.45) is 0 Å². The quantitative estimate of drug-likeness (QED) is 0.286. The summed E-state index contributed by atoms with van der Waals surface area (Å²) in [4.78, 5) is 31.4. The van der Waals surface area contributed by atoms with E-state index in [1.165, 1.54) is 6.33 Å². The van der Waals surface area contributed by atoms with Crippen molar-refractivity contribution in [3.8, 4) is 0 Å². The van der Waals surface area contributed by atoms with Crippen LogP contribution >= 0.6 is 0 Å². The zero-order chi connectivity index (χ0) is 20.6. The Hall–Kier alpha value is -3.79. The van der Waals surface area contributed by atoms with Crippen molar-refractivity contribution < 1.29 is 14.5 Å². The molecule has 1 aromatic heterocycles. The second kappa shape index (κ2) is 9.42. The first kappa shape index (κ1) is 20.0. The molecular formula is C19H20N6O4. The first-order valence-corrected chi connectivity index (χ1v) is 8.88. The van der Waals surface area contributed by atoms with Crippen LogP contribution in [0.5, 0.6) is 0 Å². The lowest BCUT2D eigenvalue weighted by Gasteiger charge is -2.11. The Labute approximate surface area is 166 Å². The summed E-state index contributed by atoms with van der Waals surface area (Å²) >= 11 is 0. The van der Waals surface area contributed by atoms with Crippen LogP contribution in [0.1, 0.15) is 16.8 Å². The Morgan fingerprint density at radius 3 is 2.69 bits per heavy atom. The molecule has 0 bridgehead atoms. The minimum Gasteiger partial charge on any atom is -0.385 e. The normalized spacial score (nSPS) is 10.5. The van der Waals surface area contributed by atoms with Gasteiger partial charge in [0.25, 0.3) is 5.91 Å². The summed E-state index contributed by atoms with van der Waals surface area (Å²) in [6.07, 6.45) is 1.83. The van der Waals surface area contributed by atoms with E-state index in [4.69, 9.17) is 4.74 Å². The Bertz CT molecular complexity index is 1020. The second-order valence-electron chi connectivity index (χ2n) is 6.06. The molecule has 10 nitrogen and oxygen atoms in total. The van der Waals surface area contributed by atoms with E-state index in [0.717, 1.165) is 10.8 Å². The van der Waals surface area contributed by atoms with E-state index in [0.29, 0.717) is 25.1 Å². The highest BCUT2D eigenvalue weighted by atomic mass is 16.6. The summed E-state index contributed by atoms with van der Waals surface area (Å²) < 4.78 is 4.95. The summed E-state index contributed by atoms with van der Waals surface area (Å²) in [6.45, 7) is 0.950. The van der Waals surface area contributed by atoms with Crippen LogP contribution in [-0.4, -0.2) is 41.1 Å². The molecule has 0 fully saturated rings. The van der Waals surface area contributed by atoms with Crippen LogP contribution in [0.4, 0.5) is 17.3 Å². The molecule has 0 unspecified atom stereocenters. The molecule has 0 aliphatic carbocycles. The molecule has 0 saturated heterocycles. The lowest BCUT2D eigenvalue weighted by Crippen LogP contribution is -2.30. The van der Waals surface area contributed by atoms with Gasteiger partial charge in [-0.15, -0.1) is 0 Å². The number of hydrogen-bond acceptors (Lipinski definition) is 8. The maximum Gasteiger partial charge on any atom is 0.354 e. The number of nitro groups is 1. The zero-order valence-corrected chi connectivity index (χ0v) is 15.7. The predicted octanol–water partition coefficient (Wildman–Crippen LogP) is 2.74. The number of carbonyl (C=O) groups is 1. The van der Waals surface area contributed by atoms with Crippen LogP contribution in [0.25, 0.3) is 10.8 Å². The first-order valence-electron chi connectivity index (χ1n) is 8.88. The lowest BCUT2D eigenvalue weighted by molar-refractivity contribution is -0.383. The number of anilines is 2. The number of amides is 1. The van der Waals surface area contributed by atoms with E-state index in [1.807, 2.05) is 30.3 Å². The third-order valence-corrected chi connectivity index (χ3v) is 4.15. The molecule has 0 saturated carbocycles. The molecule has 3 rings (SSSR count). The number of hydrazine groups is 1. The summed E-state index contributed by atoms with van der Waals surface area (Å²) in [5.41, 5.74) is 5.09. The smallest absolute Gasteiger partial charge is 0.354 e. The van der Waals surface area contributed by atoms with Gasteiger partial charge in [0.05, 0.1) is 4.92 Å². The van der Waals surface area contributed by atoms with Gasteiger partial charge in [-0.25, -0.2) is 9.97 Å². The molecule has 0 radical (unpaired) electrons. The molecule has 3 N–H and O–H groups in total. The third-order valence-electron chi connectivity index (χ3n) is 4.15. The fourth-order valence-corrected chi connectivity index (χ4v) is 2.80. The van der Waals surface area contributed by atoms with Crippen LogP contribution in [0, 0.1) is 10.1 Å². The second-order valence-corrected chi connectivity index (χ2v) is 6.06. The number of nitrogens with zero attached hydrogens (tertiary/aromatic N) is 3. The van der Waals surface area contributed by atoms with Gasteiger partial charge in [-0.05, 0) is 23.3 Å². The SMILES string of the molecule is COCCCNc1ncnc(NNC(=O)c2cccc3ccccc23)c1[N+](=O)[O-]. The Morgan fingerprint density at radius 1 is 1.14 bits per heavy atom. The highest BCUT2D eigenvalue weighted by Gasteiger charge is 2.23. The van der Waals surface area contributed by atoms with E-state index < -0.39 is 10.8 Å². The maximum atomic E-state index is 12.6. The Kier molecular flexibility index (Phi) is 6.48. The molecule has 0 aliphatic heterocycles. The number of hydrogen-bond donors (Lipinski definition) is 3. The number of carbonyl (C=O) groups excluding carboxylic acids is 1. The number of ether oxygens (including phenoxy) is 1. The average molecular weight is 396 g/mol. The molecule has 2 aromatic carbocycles. The van der Waals surface area contributed by atoms with Crippen molar-refractivity contribution in [3.05, 3.63) is 64.5 Å². The monoisotopic (exact) mass is 396 g/mol. The molecule has 0 aliphatic rings. The van der Waals surface area contributed by atoms with Gasteiger partial charge in [-0.1, -0.05) is 36.4 Å². The van der Waals surface area contributed by atoms with Crippen LogP contribution in [0.15, 0.2) is 48.8 Å². The van der Waals surface area contributed by atoms with Crippen molar-refractivity contribution in [1.82, 2.24) is 15.4 Å². The number of aromatic nitrogens is 2. The molecule has 29 heavy (non-hydrogen) atoms. The fraction of sp³-hybridized carbons (Fsp3) is 0.211. The van der Waals surface area contributed by atoms with E-state index in [2.05, 4.69) is 26.1 Å². The zero-order valence-electron chi connectivity index (χ0n) is 15.7. The molecule has 0 atom stereocenters. The number of nitrogens with one attached hydrogen (secondary N) is 3. The number of benzene rings is 2. The topological polar surface area (TPSA) is 131 Å². The minimum absolute atomic E-state index is 0.0583. The molecule has 150 valence electrons. The first-order chi connectivity index (χ1) is 14.1. The molecule has 0 spiro atoms. The van der Waals surface area contributed by atoms with Gasteiger partial charge in [0, 0.05) is 25.8 Å². The van der Waals surface area contributed by atoms with Gasteiger partial charge in [-0.3, -0.25) is 25.8 Å². The van der Waals surface area contributed by atoms with Gasteiger partial charge in [0.1, 0.15) is 6.33 Å². The van der Waals surface area contributed by atoms with Crippen LogP contribution in [-0.2, 0) is 4.74 Å². The van der Waals surface area contributed by atoms with Crippen LogP contribution in [0.2, 0.25) is 0 Å². The molecule has 3 aromatic rings. The highest BCUT2D eigenvalue weighted by molar-refractivity contribution is 6.07. The van der Waals surface area contributed by atoms with Crippen molar-refractivity contribution >= 4 is 34.0 Å². The third kappa shape index (κ3) is 4.74. The van der Waals surface area contributed by atoms with Gasteiger partial charge in [0.2, 0.25) is 11.6 Å². The number of fused-ring (bicyclic) bond motifs is 1. The van der Waals surface area contributed by atoms with E-state index in [1.54, 1.807) is 19.2 Å². The average Bonchev–Trinajstić information content (AvgIpc) is 2.74. The summed E-state index contributed by atoms with van der Waals surface area (Å²) in [6, 6.07) is 12.8. The van der Waals surface area contributed by atoms with E-state index in [9.17, 15) is 14.9 Å². The molecular weight excluding hydrogens is 376 g/mol. The number of methoxy groups -OCH3 is 1. The minimum atomic E-state index is -0.606. The van der Waals surface area contributed by atoms with Crippen molar-refractivity contribution in [2.45, 2.75) is 6.42 Å². The molecule has 1 amide bonds. The highest BCUT2D eigenvalue weighted by Crippen LogP contribution is 2.28. The largest absolute Gasteiger partial charge is 0.385 e. The summed E-state index contributed by atoms with van der Waals surface area (Å²) in [5, 5.41) is 16.1. The van der Waals surface area contributed by atoms with Gasteiger partial charge in [0.15, 0.2) is 0 Å². The number of rotatable bonds is 9. The fourth-order valence-electron chi connectivity index (χ4n) is 2.80. The van der Waals surface area contributed by atoms with Gasteiger partial charge >= 0.3 is 5.69 Å². The van der Waals surface area contributed by atoms with Gasteiger partial charge in [-0.2, -0.15) is 0 Å². The van der Waals surface area contributed by atoms with Crippen molar-refractivity contribution in [3.63, 3.8) is 0 Å². The van der Waals surface area contributed by atoms with Crippen LogP contribution < -0.4 is 16.2 Å². The molecule has 10 heteroatoms. The van der Waals surface area contributed by atoms with E-state index in [-0.39, 0.29) is 17.3 Å².